The Hall–Kier alpha value is -1.95. The minimum atomic E-state index is -0.355. The van der Waals surface area contributed by atoms with Crippen molar-refractivity contribution in [1.82, 2.24) is 9.88 Å². The molecule has 2 N–H and O–H groups in total. The first-order chi connectivity index (χ1) is 10.1. The number of carbonyl (C=O) groups excluding carboxylic acids is 2. The van der Waals surface area contributed by atoms with Crippen LogP contribution in [0, 0.1) is 5.92 Å². The fourth-order valence-electron chi connectivity index (χ4n) is 2.72. The molecule has 0 saturated carbocycles. The number of nitrogens with zero attached hydrogens (tertiary/aromatic N) is 2. The van der Waals surface area contributed by atoms with Gasteiger partial charge in [0.15, 0.2) is 0 Å². The molecule has 2 heterocycles. The standard InChI is InChI=1S/C15H21N3O3/c1-21-13-10-18(9-12(13)7-14(16)19)15(20)5-4-11-3-2-6-17-8-11/h2-3,6,8,12-13H,4-5,7,9-10H2,1H3,(H2,16,19)/t12-,13-/m0/s1. The maximum Gasteiger partial charge on any atom is 0.223 e. The van der Waals surface area contributed by atoms with Gasteiger partial charge in [0.1, 0.15) is 0 Å². The number of methoxy groups -OCH3 is 1. The average Bonchev–Trinajstić information content (AvgIpc) is 2.88. The Morgan fingerprint density at radius 2 is 2.29 bits per heavy atom. The van der Waals surface area contributed by atoms with Gasteiger partial charge in [0, 0.05) is 51.4 Å². The molecule has 0 unspecified atom stereocenters. The maximum absolute atomic E-state index is 12.2. The first-order valence-electron chi connectivity index (χ1n) is 7.08. The van der Waals surface area contributed by atoms with Crippen molar-refractivity contribution in [1.29, 1.82) is 0 Å². The lowest BCUT2D eigenvalue weighted by atomic mass is 10.0. The largest absolute Gasteiger partial charge is 0.379 e. The molecule has 1 aliphatic heterocycles. The van der Waals surface area contributed by atoms with E-state index in [9.17, 15) is 9.59 Å². The zero-order valence-electron chi connectivity index (χ0n) is 12.2. The summed E-state index contributed by atoms with van der Waals surface area (Å²) in [6.45, 7) is 1.06. The van der Waals surface area contributed by atoms with E-state index in [0.717, 1.165) is 5.56 Å². The molecular weight excluding hydrogens is 270 g/mol. The monoisotopic (exact) mass is 291 g/mol. The Balaban J connectivity index is 1.87. The van der Waals surface area contributed by atoms with Crippen LogP contribution in [0.4, 0.5) is 0 Å². The molecule has 6 heteroatoms. The van der Waals surface area contributed by atoms with E-state index in [1.54, 1.807) is 24.4 Å². The van der Waals surface area contributed by atoms with Crippen LogP contribution < -0.4 is 5.73 Å². The number of pyridine rings is 1. The number of carbonyl (C=O) groups is 2. The first kappa shape index (κ1) is 15.4. The van der Waals surface area contributed by atoms with Crippen molar-refractivity contribution in [2.75, 3.05) is 20.2 Å². The van der Waals surface area contributed by atoms with Crippen LogP contribution in [0.1, 0.15) is 18.4 Å². The molecule has 1 aliphatic rings. The summed E-state index contributed by atoms with van der Waals surface area (Å²) in [4.78, 5) is 29.1. The van der Waals surface area contributed by atoms with Crippen molar-refractivity contribution in [3.8, 4) is 0 Å². The zero-order chi connectivity index (χ0) is 15.2. The summed E-state index contributed by atoms with van der Waals surface area (Å²) < 4.78 is 5.36. The Bertz CT molecular complexity index is 492. The molecule has 114 valence electrons. The molecule has 6 nitrogen and oxygen atoms in total. The summed E-state index contributed by atoms with van der Waals surface area (Å²) in [5.74, 6) is -0.283. The SMILES string of the molecule is CO[C@H]1CN(C(=O)CCc2cccnc2)C[C@@H]1CC(N)=O. The topological polar surface area (TPSA) is 85.5 Å². The molecular formula is C15H21N3O3. The lowest BCUT2D eigenvalue weighted by molar-refractivity contribution is -0.130. The molecule has 1 saturated heterocycles. The second kappa shape index (κ2) is 7.17. The van der Waals surface area contributed by atoms with Gasteiger partial charge in [-0.05, 0) is 18.1 Å². The maximum atomic E-state index is 12.2. The van der Waals surface area contributed by atoms with Gasteiger partial charge in [-0.25, -0.2) is 0 Å². The van der Waals surface area contributed by atoms with Gasteiger partial charge in [0.05, 0.1) is 6.10 Å². The molecule has 0 bridgehead atoms. The lowest BCUT2D eigenvalue weighted by Gasteiger charge is -2.15. The quantitative estimate of drug-likeness (QED) is 0.820. The Kier molecular flexibility index (Phi) is 5.27. The fourth-order valence-corrected chi connectivity index (χ4v) is 2.72. The second-order valence-corrected chi connectivity index (χ2v) is 5.36. The third-order valence-electron chi connectivity index (χ3n) is 3.85. The molecule has 1 aromatic heterocycles. The molecule has 1 aromatic rings. The number of primary amides is 1. The van der Waals surface area contributed by atoms with E-state index in [1.807, 2.05) is 12.1 Å². The van der Waals surface area contributed by atoms with Crippen LogP contribution in [0.3, 0.4) is 0 Å². The molecule has 0 aromatic carbocycles. The molecule has 2 rings (SSSR count). The molecule has 2 atom stereocenters. The van der Waals surface area contributed by atoms with Crippen molar-refractivity contribution in [2.24, 2.45) is 11.7 Å². The summed E-state index contributed by atoms with van der Waals surface area (Å²) in [5.41, 5.74) is 6.28. The minimum Gasteiger partial charge on any atom is -0.379 e. The van der Waals surface area contributed by atoms with Crippen LogP contribution in [0.25, 0.3) is 0 Å². The van der Waals surface area contributed by atoms with Gasteiger partial charge in [-0.15, -0.1) is 0 Å². The fraction of sp³-hybridized carbons (Fsp3) is 0.533. The van der Waals surface area contributed by atoms with Gasteiger partial charge in [0.25, 0.3) is 0 Å². The van der Waals surface area contributed by atoms with E-state index in [-0.39, 0.29) is 30.3 Å². The van der Waals surface area contributed by atoms with Crippen LogP contribution in [0.2, 0.25) is 0 Å². The van der Waals surface area contributed by atoms with Crippen molar-refractivity contribution < 1.29 is 14.3 Å². The van der Waals surface area contributed by atoms with Gasteiger partial charge in [-0.1, -0.05) is 6.07 Å². The number of nitrogens with two attached hydrogens (primary N) is 1. The van der Waals surface area contributed by atoms with Crippen molar-refractivity contribution >= 4 is 11.8 Å². The van der Waals surface area contributed by atoms with E-state index in [1.165, 1.54) is 0 Å². The van der Waals surface area contributed by atoms with Crippen molar-refractivity contribution in [2.45, 2.75) is 25.4 Å². The number of hydrogen-bond acceptors (Lipinski definition) is 4. The summed E-state index contributed by atoms with van der Waals surface area (Å²) in [5, 5.41) is 0. The zero-order valence-corrected chi connectivity index (χ0v) is 12.2. The molecule has 1 fully saturated rings. The minimum absolute atomic E-state index is 0.00478. The predicted octanol–water partition coefficient (Wildman–Crippen LogP) is 0.363. The van der Waals surface area contributed by atoms with Crippen molar-refractivity contribution in [3.05, 3.63) is 30.1 Å². The molecule has 2 amide bonds. The smallest absolute Gasteiger partial charge is 0.223 e. The van der Waals surface area contributed by atoms with E-state index in [2.05, 4.69) is 4.98 Å². The van der Waals surface area contributed by atoms with Gasteiger partial charge in [-0.3, -0.25) is 14.6 Å². The number of aryl methyl sites for hydroxylation is 1. The van der Waals surface area contributed by atoms with Crippen molar-refractivity contribution in [3.63, 3.8) is 0 Å². The number of likely N-dealkylation sites (tertiary alicyclic amines) is 1. The normalized spacial score (nSPS) is 21.5. The third kappa shape index (κ3) is 4.26. The summed E-state index contributed by atoms with van der Waals surface area (Å²) in [6.07, 6.45) is 4.73. The van der Waals surface area contributed by atoms with Crippen LogP contribution in [-0.2, 0) is 20.7 Å². The number of amides is 2. The predicted molar refractivity (Wildman–Crippen MR) is 77.2 cm³/mol. The Morgan fingerprint density at radius 1 is 1.48 bits per heavy atom. The van der Waals surface area contributed by atoms with E-state index < -0.39 is 0 Å². The van der Waals surface area contributed by atoms with Crippen LogP contribution in [0.5, 0.6) is 0 Å². The highest BCUT2D eigenvalue weighted by atomic mass is 16.5. The van der Waals surface area contributed by atoms with Gasteiger partial charge in [0.2, 0.25) is 11.8 Å². The highest BCUT2D eigenvalue weighted by Gasteiger charge is 2.35. The molecule has 0 spiro atoms. The highest BCUT2D eigenvalue weighted by molar-refractivity contribution is 5.77. The number of hydrogen-bond donors (Lipinski definition) is 1. The van der Waals surface area contributed by atoms with E-state index >= 15 is 0 Å². The first-order valence-corrected chi connectivity index (χ1v) is 7.08. The highest BCUT2D eigenvalue weighted by Crippen LogP contribution is 2.23. The Morgan fingerprint density at radius 3 is 2.90 bits per heavy atom. The molecule has 0 radical (unpaired) electrons. The number of aromatic nitrogens is 1. The van der Waals surface area contributed by atoms with Gasteiger partial charge < -0.3 is 15.4 Å². The summed E-state index contributed by atoms with van der Waals surface area (Å²) in [6, 6.07) is 3.82. The van der Waals surface area contributed by atoms with E-state index in [4.69, 9.17) is 10.5 Å². The lowest BCUT2D eigenvalue weighted by Crippen LogP contribution is -2.30. The Labute approximate surface area is 124 Å². The summed E-state index contributed by atoms with van der Waals surface area (Å²) >= 11 is 0. The summed E-state index contributed by atoms with van der Waals surface area (Å²) in [7, 11) is 1.60. The van der Waals surface area contributed by atoms with Crippen LogP contribution in [0.15, 0.2) is 24.5 Å². The molecule has 0 aliphatic carbocycles. The third-order valence-corrected chi connectivity index (χ3v) is 3.85. The average molecular weight is 291 g/mol. The van der Waals surface area contributed by atoms with Crippen LogP contribution >= 0.6 is 0 Å². The van der Waals surface area contributed by atoms with Gasteiger partial charge in [-0.2, -0.15) is 0 Å². The number of ether oxygens (including phenoxy) is 1. The van der Waals surface area contributed by atoms with Crippen LogP contribution in [-0.4, -0.2) is 48.0 Å². The number of rotatable bonds is 6. The van der Waals surface area contributed by atoms with E-state index in [0.29, 0.717) is 25.9 Å². The second-order valence-electron chi connectivity index (χ2n) is 5.36. The van der Waals surface area contributed by atoms with Gasteiger partial charge >= 0.3 is 0 Å². The molecule has 21 heavy (non-hydrogen) atoms.